The molecule has 7 nitrogen and oxygen atoms in total. The quantitative estimate of drug-likeness (QED) is 0.504. The Morgan fingerprint density at radius 2 is 1.68 bits per heavy atom. The van der Waals surface area contributed by atoms with Crippen molar-refractivity contribution >= 4 is 17.7 Å². The minimum Gasteiger partial charge on any atom is -0.493 e. The molecular weight excluding hydrogens is 398 g/mol. The molecule has 0 unspecified atom stereocenters. The maximum absolute atomic E-state index is 12.8. The van der Waals surface area contributed by atoms with Gasteiger partial charge in [0.1, 0.15) is 0 Å². The summed E-state index contributed by atoms with van der Waals surface area (Å²) in [7, 11) is 1.46. The van der Waals surface area contributed by atoms with Gasteiger partial charge in [-0.2, -0.15) is 0 Å². The molecule has 1 aromatic rings. The van der Waals surface area contributed by atoms with Gasteiger partial charge in [0.2, 0.25) is 0 Å². The molecule has 4 aliphatic carbocycles. The van der Waals surface area contributed by atoms with Gasteiger partial charge in [-0.25, -0.2) is 4.79 Å². The fraction of sp³-hybridized carbons (Fsp3) is 0.625. The molecule has 4 saturated carbocycles. The minimum absolute atomic E-state index is 0.0943. The fourth-order valence-electron chi connectivity index (χ4n) is 6.05. The van der Waals surface area contributed by atoms with E-state index in [1.54, 1.807) is 25.1 Å². The summed E-state index contributed by atoms with van der Waals surface area (Å²) in [5.74, 6) is 1.89. The molecule has 1 N–H and O–H groups in total. The first kappa shape index (κ1) is 21.7. The number of carbonyl (C=O) groups is 3. The van der Waals surface area contributed by atoms with Gasteiger partial charge in [0.05, 0.1) is 7.11 Å². The zero-order chi connectivity index (χ0) is 22.2. The van der Waals surface area contributed by atoms with E-state index in [1.165, 1.54) is 33.3 Å². The largest absolute Gasteiger partial charge is 0.493 e. The van der Waals surface area contributed by atoms with E-state index in [9.17, 15) is 14.4 Å². The Hall–Kier alpha value is -2.57. The molecule has 1 aromatic carbocycles. The van der Waals surface area contributed by atoms with E-state index in [4.69, 9.17) is 14.2 Å². The Morgan fingerprint density at radius 3 is 2.23 bits per heavy atom. The second kappa shape index (κ2) is 8.52. The summed E-state index contributed by atoms with van der Waals surface area (Å²) in [5.41, 5.74) is 0.371. The lowest BCUT2D eigenvalue weighted by molar-refractivity contribution is -0.158. The number of ether oxygens (including phenoxy) is 3. The molecule has 0 radical (unpaired) electrons. The Balaban J connectivity index is 1.29. The number of ketones is 1. The molecule has 0 aliphatic heterocycles. The van der Waals surface area contributed by atoms with Crippen molar-refractivity contribution in [2.24, 2.45) is 17.8 Å². The first-order chi connectivity index (χ1) is 14.8. The van der Waals surface area contributed by atoms with E-state index in [1.807, 2.05) is 0 Å². The smallest absolute Gasteiger partial charge is 0.344 e. The lowest BCUT2D eigenvalue weighted by Gasteiger charge is -2.57. The third kappa shape index (κ3) is 4.70. The Labute approximate surface area is 182 Å². The van der Waals surface area contributed by atoms with Crippen LogP contribution >= 0.6 is 0 Å². The van der Waals surface area contributed by atoms with Crippen LogP contribution in [0.2, 0.25) is 0 Å². The number of methoxy groups -OCH3 is 1. The van der Waals surface area contributed by atoms with Crippen LogP contribution in [-0.4, -0.2) is 43.0 Å². The molecule has 1 amide bonds. The highest BCUT2D eigenvalue weighted by Crippen LogP contribution is 2.55. The normalized spacial score (nSPS) is 29.2. The number of benzene rings is 1. The van der Waals surface area contributed by atoms with Crippen LogP contribution in [0, 0.1) is 17.8 Å². The van der Waals surface area contributed by atoms with Crippen LogP contribution in [-0.2, 0) is 14.3 Å². The summed E-state index contributed by atoms with van der Waals surface area (Å²) in [6, 6.07) is 4.74. The van der Waals surface area contributed by atoms with Crippen LogP contribution < -0.4 is 14.8 Å². The number of esters is 1. The lowest BCUT2D eigenvalue weighted by atomic mass is 9.53. The predicted molar refractivity (Wildman–Crippen MR) is 113 cm³/mol. The van der Waals surface area contributed by atoms with Crippen LogP contribution in [0.5, 0.6) is 11.5 Å². The molecule has 4 fully saturated rings. The molecule has 1 atom stereocenters. The maximum atomic E-state index is 12.8. The molecule has 0 heterocycles. The van der Waals surface area contributed by atoms with Crippen LogP contribution in [0.4, 0.5) is 0 Å². The Kier molecular flexibility index (Phi) is 5.95. The highest BCUT2D eigenvalue weighted by atomic mass is 16.6. The molecule has 168 valence electrons. The molecule has 31 heavy (non-hydrogen) atoms. The van der Waals surface area contributed by atoms with E-state index in [0.29, 0.717) is 17.1 Å². The highest BCUT2D eigenvalue weighted by molar-refractivity contribution is 5.94. The molecule has 0 aromatic heterocycles. The Morgan fingerprint density at radius 1 is 1.06 bits per heavy atom. The van der Waals surface area contributed by atoms with Crippen LogP contribution in [0.3, 0.4) is 0 Å². The molecular formula is C24H31NO6. The number of Topliss-reactive ketones (excluding diaryl/α,β-unsaturated/α-hetero) is 1. The first-order valence-electron chi connectivity index (χ1n) is 11.1. The number of carbonyl (C=O) groups excluding carboxylic acids is 3. The number of hydrogen-bond acceptors (Lipinski definition) is 6. The van der Waals surface area contributed by atoms with Gasteiger partial charge in [-0.3, -0.25) is 9.59 Å². The van der Waals surface area contributed by atoms with Crippen molar-refractivity contribution in [2.45, 2.75) is 64.0 Å². The SMILES string of the molecule is COc1cc(C(C)=O)ccc1OCC(=O)O[C@@H](C)C(=O)NC12CC3CC(CC(C3)C1)C2. The van der Waals surface area contributed by atoms with Gasteiger partial charge in [-0.05, 0) is 88.3 Å². The topological polar surface area (TPSA) is 90.9 Å². The molecule has 5 rings (SSSR count). The molecule has 7 heteroatoms. The minimum atomic E-state index is -0.883. The monoisotopic (exact) mass is 429 g/mol. The van der Waals surface area contributed by atoms with Crippen LogP contribution in [0.1, 0.15) is 62.7 Å². The number of nitrogens with one attached hydrogen (secondary N) is 1. The van der Waals surface area contributed by atoms with Gasteiger partial charge in [0, 0.05) is 11.1 Å². The summed E-state index contributed by atoms with van der Waals surface area (Å²) in [4.78, 5) is 36.5. The standard InChI is InChI=1S/C24H31NO6/c1-14(26)19-4-5-20(21(9-19)29-3)30-13-22(27)31-15(2)23(28)25-24-10-16-6-17(11-24)8-18(7-16)12-24/h4-5,9,15-18H,6-8,10-13H2,1-3H3,(H,25,28)/t15-,16?,17?,18?,24?/m0/s1. The predicted octanol–water partition coefficient (Wildman–Crippen LogP) is 3.29. The summed E-state index contributed by atoms with van der Waals surface area (Å²) < 4.78 is 16.0. The zero-order valence-electron chi connectivity index (χ0n) is 18.4. The van der Waals surface area contributed by atoms with Gasteiger partial charge in [0.25, 0.3) is 5.91 Å². The van der Waals surface area contributed by atoms with Crippen molar-refractivity contribution in [2.75, 3.05) is 13.7 Å². The van der Waals surface area contributed by atoms with Crippen LogP contribution in [0.15, 0.2) is 18.2 Å². The van der Waals surface area contributed by atoms with E-state index in [-0.39, 0.29) is 23.8 Å². The van der Waals surface area contributed by atoms with Gasteiger partial charge >= 0.3 is 5.97 Å². The van der Waals surface area contributed by atoms with Gasteiger partial charge in [0.15, 0.2) is 30.0 Å². The summed E-state index contributed by atoms with van der Waals surface area (Å²) in [6.45, 7) is 2.70. The van der Waals surface area contributed by atoms with Crippen molar-refractivity contribution in [1.82, 2.24) is 5.32 Å². The summed E-state index contributed by atoms with van der Waals surface area (Å²) in [5, 5.41) is 3.23. The fourth-order valence-corrected chi connectivity index (χ4v) is 6.05. The van der Waals surface area contributed by atoms with E-state index in [0.717, 1.165) is 37.0 Å². The van der Waals surface area contributed by atoms with Crippen LogP contribution in [0.25, 0.3) is 0 Å². The maximum Gasteiger partial charge on any atom is 0.344 e. The van der Waals surface area contributed by atoms with Gasteiger partial charge in [-0.15, -0.1) is 0 Å². The second-order valence-corrected chi connectivity index (χ2v) is 9.53. The molecule has 0 spiro atoms. The Bertz CT molecular complexity index is 844. The number of rotatable bonds is 8. The summed E-state index contributed by atoms with van der Waals surface area (Å²) in [6.07, 6.45) is 6.15. The second-order valence-electron chi connectivity index (χ2n) is 9.53. The third-order valence-corrected chi connectivity index (χ3v) is 7.02. The first-order valence-corrected chi connectivity index (χ1v) is 11.1. The van der Waals surface area contributed by atoms with Crippen molar-refractivity contribution in [3.63, 3.8) is 0 Å². The summed E-state index contributed by atoms with van der Waals surface area (Å²) >= 11 is 0. The van der Waals surface area contributed by atoms with Crippen molar-refractivity contribution in [3.8, 4) is 11.5 Å². The highest BCUT2D eigenvalue weighted by Gasteiger charge is 2.51. The van der Waals surface area contributed by atoms with E-state index < -0.39 is 12.1 Å². The van der Waals surface area contributed by atoms with Gasteiger partial charge < -0.3 is 19.5 Å². The average Bonchev–Trinajstić information content (AvgIpc) is 2.70. The van der Waals surface area contributed by atoms with E-state index >= 15 is 0 Å². The molecule has 4 aliphatic rings. The molecule has 4 bridgehead atoms. The van der Waals surface area contributed by atoms with Crippen molar-refractivity contribution in [3.05, 3.63) is 23.8 Å². The van der Waals surface area contributed by atoms with Crippen molar-refractivity contribution < 1.29 is 28.6 Å². The lowest BCUT2D eigenvalue weighted by Crippen LogP contribution is -2.61. The molecule has 0 saturated heterocycles. The zero-order valence-corrected chi connectivity index (χ0v) is 18.4. The van der Waals surface area contributed by atoms with E-state index in [2.05, 4.69) is 5.32 Å². The van der Waals surface area contributed by atoms with Crippen molar-refractivity contribution in [1.29, 1.82) is 0 Å². The number of hydrogen-bond donors (Lipinski definition) is 1. The number of amides is 1. The average molecular weight is 430 g/mol. The third-order valence-electron chi connectivity index (χ3n) is 7.02. The van der Waals surface area contributed by atoms with Gasteiger partial charge in [-0.1, -0.05) is 0 Å².